The van der Waals surface area contributed by atoms with Gasteiger partial charge in [-0.2, -0.15) is 0 Å². The summed E-state index contributed by atoms with van der Waals surface area (Å²) in [4.78, 5) is 0. The Labute approximate surface area is 134 Å². The van der Waals surface area contributed by atoms with E-state index in [1.165, 1.54) is 64.2 Å². The molecule has 0 aliphatic heterocycles. The lowest BCUT2D eigenvalue weighted by Gasteiger charge is -2.28. The molecule has 0 rings (SSSR count). The maximum atomic E-state index is 6.05. The van der Waals surface area contributed by atoms with Gasteiger partial charge in [-0.1, -0.05) is 65.2 Å². The lowest BCUT2D eigenvalue weighted by atomic mass is 10.1. The van der Waals surface area contributed by atoms with E-state index in [4.69, 9.17) is 4.74 Å². The number of nitrogens with one attached hydrogen (secondary N) is 1. The van der Waals surface area contributed by atoms with Gasteiger partial charge >= 0.3 is 0 Å². The van der Waals surface area contributed by atoms with E-state index in [1.54, 1.807) is 0 Å². The van der Waals surface area contributed by atoms with Crippen LogP contribution in [0.25, 0.3) is 0 Å². The number of hydrogen-bond donors (Lipinski definition) is 1. The van der Waals surface area contributed by atoms with Crippen molar-refractivity contribution < 1.29 is 4.74 Å². The van der Waals surface area contributed by atoms with Gasteiger partial charge in [0, 0.05) is 12.1 Å². The van der Waals surface area contributed by atoms with Gasteiger partial charge in [0.05, 0.1) is 0 Å². The lowest BCUT2D eigenvalue weighted by molar-refractivity contribution is 0.00421. The third-order valence-corrected chi connectivity index (χ3v) is 3.73. The Kier molecular flexibility index (Phi) is 13.5. The molecule has 0 amide bonds. The first-order chi connectivity index (χ1) is 9.99. The summed E-state index contributed by atoms with van der Waals surface area (Å²) in [6, 6.07) is 0. The van der Waals surface area contributed by atoms with Crippen LogP contribution < -0.4 is 5.32 Å². The molecule has 0 saturated heterocycles. The van der Waals surface area contributed by atoms with Gasteiger partial charge < -0.3 is 4.74 Å². The second-order valence-electron chi connectivity index (χ2n) is 7.37. The molecule has 2 nitrogen and oxygen atoms in total. The maximum absolute atomic E-state index is 6.05. The van der Waals surface area contributed by atoms with Gasteiger partial charge in [0.15, 0.2) is 0 Å². The molecule has 0 bridgehead atoms. The van der Waals surface area contributed by atoms with Crippen LogP contribution in [0, 0.1) is 0 Å². The summed E-state index contributed by atoms with van der Waals surface area (Å²) in [5.74, 6) is 0. The zero-order valence-electron chi connectivity index (χ0n) is 15.5. The van der Waals surface area contributed by atoms with Crippen LogP contribution in [0.15, 0.2) is 0 Å². The quantitative estimate of drug-likeness (QED) is 0.311. The van der Waals surface area contributed by atoms with Crippen LogP contribution in [-0.4, -0.2) is 18.4 Å². The summed E-state index contributed by atoms with van der Waals surface area (Å²) in [6.07, 6.45) is 14.7. The Morgan fingerprint density at radius 3 is 1.86 bits per heavy atom. The van der Waals surface area contributed by atoms with Crippen LogP contribution in [-0.2, 0) is 4.74 Å². The zero-order chi connectivity index (χ0) is 16.0. The summed E-state index contributed by atoms with van der Waals surface area (Å²) in [6.45, 7) is 12.1. The van der Waals surface area contributed by atoms with E-state index in [0.29, 0.717) is 0 Å². The van der Waals surface area contributed by atoms with Gasteiger partial charge in [0.2, 0.25) is 0 Å². The van der Waals surface area contributed by atoms with Crippen molar-refractivity contribution in [2.45, 2.75) is 117 Å². The number of ether oxygens (including phenoxy) is 1. The maximum Gasteiger partial charge on any atom is 0.108 e. The molecule has 2 heteroatoms. The van der Waals surface area contributed by atoms with Crippen molar-refractivity contribution in [3.05, 3.63) is 0 Å². The normalized spacial score (nSPS) is 13.6. The SMILES string of the molecule is CCCCCCCCCC(NC(C)(C)C)OCCCCC. The van der Waals surface area contributed by atoms with E-state index >= 15 is 0 Å². The van der Waals surface area contributed by atoms with E-state index in [1.807, 2.05) is 0 Å². The monoisotopic (exact) mass is 299 g/mol. The molecule has 1 N–H and O–H groups in total. The predicted octanol–water partition coefficient (Wildman–Crippen LogP) is 6.05. The van der Waals surface area contributed by atoms with Crippen molar-refractivity contribution in [3.8, 4) is 0 Å². The molecule has 0 heterocycles. The van der Waals surface area contributed by atoms with E-state index in [9.17, 15) is 0 Å². The number of rotatable bonds is 14. The molecule has 21 heavy (non-hydrogen) atoms. The van der Waals surface area contributed by atoms with Crippen molar-refractivity contribution in [1.82, 2.24) is 5.32 Å². The molecule has 0 aromatic heterocycles. The molecule has 0 fully saturated rings. The summed E-state index contributed by atoms with van der Waals surface area (Å²) in [5.41, 5.74) is 0.135. The summed E-state index contributed by atoms with van der Waals surface area (Å²) >= 11 is 0. The number of hydrogen-bond acceptors (Lipinski definition) is 2. The molecule has 0 aromatic rings. The summed E-state index contributed by atoms with van der Waals surface area (Å²) in [7, 11) is 0. The van der Waals surface area contributed by atoms with Gasteiger partial charge in [0.25, 0.3) is 0 Å². The molecule has 0 radical (unpaired) electrons. The fourth-order valence-corrected chi connectivity index (χ4v) is 2.54. The van der Waals surface area contributed by atoms with Crippen LogP contribution in [0.4, 0.5) is 0 Å². The Balaban J connectivity index is 3.77. The third-order valence-electron chi connectivity index (χ3n) is 3.73. The standard InChI is InChI=1S/C19H41NO/c1-6-8-10-11-12-13-14-16-18(20-19(3,4)5)21-17-15-9-7-2/h18,20H,6-17H2,1-5H3. The van der Waals surface area contributed by atoms with Crippen LogP contribution >= 0.6 is 0 Å². The first kappa shape index (κ1) is 20.9. The van der Waals surface area contributed by atoms with Crippen molar-refractivity contribution in [2.24, 2.45) is 0 Å². The molecule has 0 spiro atoms. The first-order valence-corrected chi connectivity index (χ1v) is 9.39. The highest BCUT2D eigenvalue weighted by Crippen LogP contribution is 2.13. The molecular formula is C19H41NO. The molecular weight excluding hydrogens is 258 g/mol. The van der Waals surface area contributed by atoms with E-state index in [-0.39, 0.29) is 11.8 Å². The van der Waals surface area contributed by atoms with Crippen LogP contribution in [0.5, 0.6) is 0 Å². The molecule has 0 aromatic carbocycles. The third kappa shape index (κ3) is 16.1. The van der Waals surface area contributed by atoms with Crippen LogP contribution in [0.1, 0.15) is 105 Å². The van der Waals surface area contributed by atoms with Crippen molar-refractivity contribution in [1.29, 1.82) is 0 Å². The molecule has 1 atom stereocenters. The topological polar surface area (TPSA) is 21.3 Å². The summed E-state index contributed by atoms with van der Waals surface area (Å²) < 4.78 is 6.05. The fraction of sp³-hybridized carbons (Fsp3) is 1.00. The minimum Gasteiger partial charge on any atom is -0.363 e. The Morgan fingerprint density at radius 1 is 0.762 bits per heavy atom. The van der Waals surface area contributed by atoms with Gasteiger partial charge in [-0.05, 0) is 40.0 Å². The van der Waals surface area contributed by atoms with Crippen molar-refractivity contribution in [3.63, 3.8) is 0 Å². The van der Waals surface area contributed by atoms with Crippen LogP contribution in [0.2, 0.25) is 0 Å². The average Bonchev–Trinajstić information content (AvgIpc) is 2.40. The lowest BCUT2D eigenvalue weighted by Crippen LogP contribution is -2.45. The predicted molar refractivity (Wildman–Crippen MR) is 94.8 cm³/mol. The largest absolute Gasteiger partial charge is 0.363 e. The van der Waals surface area contributed by atoms with Gasteiger partial charge in [-0.15, -0.1) is 0 Å². The van der Waals surface area contributed by atoms with E-state index in [2.05, 4.69) is 39.9 Å². The Bertz CT molecular complexity index is 210. The minimum absolute atomic E-state index is 0.135. The highest BCUT2D eigenvalue weighted by atomic mass is 16.5. The molecule has 0 aliphatic rings. The second kappa shape index (κ2) is 13.6. The molecule has 0 saturated carbocycles. The number of unbranched alkanes of at least 4 members (excludes halogenated alkanes) is 8. The first-order valence-electron chi connectivity index (χ1n) is 9.39. The average molecular weight is 300 g/mol. The fourth-order valence-electron chi connectivity index (χ4n) is 2.54. The highest BCUT2D eigenvalue weighted by Gasteiger charge is 2.17. The van der Waals surface area contributed by atoms with Crippen molar-refractivity contribution in [2.75, 3.05) is 6.61 Å². The second-order valence-corrected chi connectivity index (χ2v) is 7.37. The smallest absolute Gasteiger partial charge is 0.108 e. The minimum atomic E-state index is 0.135. The molecule has 1 unspecified atom stereocenters. The van der Waals surface area contributed by atoms with Crippen LogP contribution in [0.3, 0.4) is 0 Å². The highest BCUT2D eigenvalue weighted by molar-refractivity contribution is 4.73. The molecule has 128 valence electrons. The Morgan fingerprint density at radius 2 is 1.29 bits per heavy atom. The van der Waals surface area contributed by atoms with Gasteiger partial charge in [-0.3, -0.25) is 5.32 Å². The van der Waals surface area contributed by atoms with E-state index < -0.39 is 0 Å². The van der Waals surface area contributed by atoms with E-state index in [0.717, 1.165) is 13.0 Å². The van der Waals surface area contributed by atoms with Gasteiger partial charge in [-0.25, -0.2) is 0 Å². The van der Waals surface area contributed by atoms with Crippen molar-refractivity contribution >= 4 is 0 Å². The zero-order valence-corrected chi connectivity index (χ0v) is 15.5. The molecule has 0 aliphatic carbocycles. The Hall–Kier alpha value is -0.0800. The summed E-state index contributed by atoms with van der Waals surface area (Å²) in [5, 5.41) is 3.62. The van der Waals surface area contributed by atoms with Gasteiger partial charge in [0.1, 0.15) is 6.23 Å².